The largest absolute Gasteiger partial charge is 0.342 e. The third kappa shape index (κ3) is 2.22. The maximum Gasteiger partial charge on any atom is 0.249 e. The van der Waals surface area contributed by atoms with Crippen molar-refractivity contribution >= 4 is 11.8 Å². The topological polar surface area (TPSA) is 49.4 Å². The van der Waals surface area contributed by atoms with E-state index < -0.39 is 5.54 Å². The highest BCUT2D eigenvalue weighted by atomic mass is 16.2. The van der Waals surface area contributed by atoms with Gasteiger partial charge >= 0.3 is 0 Å². The Hall–Kier alpha value is -1.50. The van der Waals surface area contributed by atoms with Crippen molar-refractivity contribution in [2.75, 3.05) is 6.54 Å². The van der Waals surface area contributed by atoms with Crippen LogP contribution in [0.25, 0.3) is 0 Å². The van der Waals surface area contributed by atoms with Gasteiger partial charge in [-0.25, -0.2) is 0 Å². The molecule has 1 unspecified atom stereocenters. The molecular weight excluding hydrogens is 228 g/mol. The summed E-state index contributed by atoms with van der Waals surface area (Å²) in [5.74, 6) is 2.58. The fourth-order valence-electron chi connectivity index (χ4n) is 2.93. The van der Waals surface area contributed by atoms with Crippen LogP contribution in [0.15, 0.2) is 0 Å². The van der Waals surface area contributed by atoms with Gasteiger partial charge in [0, 0.05) is 13.0 Å². The van der Waals surface area contributed by atoms with Gasteiger partial charge in [0.2, 0.25) is 11.8 Å². The molecule has 1 saturated heterocycles. The molecule has 2 rings (SSSR count). The predicted molar refractivity (Wildman–Crippen MR) is 68.6 cm³/mol. The molecule has 1 N–H and O–H groups in total. The number of carbonyl (C=O) groups excluding carboxylic acids is 2. The predicted octanol–water partition coefficient (Wildman–Crippen LogP) is 1.06. The van der Waals surface area contributed by atoms with Crippen LogP contribution in [-0.2, 0) is 9.59 Å². The summed E-state index contributed by atoms with van der Waals surface area (Å²) < 4.78 is 0. The molecular formula is C14H20N2O2. The van der Waals surface area contributed by atoms with Crippen LogP contribution in [-0.4, -0.2) is 34.8 Å². The van der Waals surface area contributed by atoms with E-state index in [4.69, 9.17) is 6.42 Å². The van der Waals surface area contributed by atoms with Gasteiger partial charge in [0.05, 0.1) is 6.04 Å². The van der Waals surface area contributed by atoms with Crippen molar-refractivity contribution in [3.05, 3.63) is 0 Å². The average Bonchev–Trinajstić information content (AvgIpc) is 2.49. The van der Waals surface area contributed by atoms with E-state index in [9.17, 15) is 9.59 Å². The minimum atomic E-state index is -0.684. The van der Waals surface area contributed by atoms with Gasteiger partial charge in [0.1, 0.15) is 5.54 Å². The summed E-state index contributed by atoms with van der Waals surface area (Å²) in [5, 5.41) is 2.95. The number of nitrogens with zero attached hydrogens (tertiary/aromatic N) is 1. The van der Waals surface area contributed by atoms with Crippen LogP contribution in [0.2, 0.25) is 0 Å². The Kier molecular flexibility index (Phi) is 3.60. The maximum absolute atomic E-state index is 12.7. The zero-order chi connectivity index (χ0) is 13.2. The number of amides is 2. The molecule has 2 amide bonds. The van der Waals surface area contributed by atoms with Gasteiger partial charge in [-0.15, -0.1) is 6.42 Å². The molecule has 98 valence electrons. The Morgan fingerprint density at radius 1 is 1.33 bits per heavy atom. The molecule has 18 heavy (non-hydrogen) atoms. The van der Waals surface area contributed by atoms with Gasteiger partial charge in [0.15, 0.2) is 0 Å². The minimum absolute atomic E-state index is 0.0125. The minimum Gasteiger partial charge on any atom is -0.342 e. The molecule has 1 aliphatic heterocycles. The first kappa shape index (κ1) is 12.9. The highest BCUT2D eigenvalue weighted by Crippen LogP contribution is 2.32. The maximum atomic E-state index is 12.7. The third-order valence-electron chi connectivity index (χ3n) is 4.04. The number of carbonyl (C=O) groups is 2. The van der Waals surface area contributed by atoms with Crippen molar-refractivity contribution in [1.29, 1.82) is 0 Å². The molecule has 4 nitrogen and oxygen atoms in total. The van der Waals surface area contributed by atoms with E-state index in [2.05, 4.69) is 11.2 Å². The normalized spacial score (nSPS) is 25.2. The van der Waals surface area contributed by atoms with Gasteiger partial charge < -0.3 is 10.2 Å². The van der Waals surface area contributed by atoms with Crippen LogP contribution < -0.4 is 5.32 Å². The molecule has 2 fully saturated rings. The molecule has 1 spiro atoms. The van der Waals surface area contributed by atoms with E-state index in [0.717, 1.165) is 32.1 Å². The highest BCUT2D eigenvalue weighted by Gasteiger charge is 2.45. The summed E-state index contributed by atoms with van der Waals surface area (Å²) >= 11 is 0. The van der Waals surface area contributed by atoms with E-state index >= 15 is 0 Å². The van der Waals surface area contributed by atoms with Crippen molar-refractivity contribution in [3.63, 3.8) is 0 Å². The summed E-state index contributed by atoms with van der Waals surface area (Å²) in [7, 11) is 0. The summed E-state index contributed by atoms with van der Waals surface area (Å²) in [6.45, 7) is 2.27. The lowest BCUT2D eigenvalue weighted by molar-refractivity contribution is -0.141. The lowest BCUT2D eigenvalue weighted by Gasteiger charge is -2.39. The van der Waals surface area contributed by atoms with E-state index in [1.54, 1.807) is 4.90 Å². The van der Waals surface area contributed by atoms with Gasteiger partial charge in [-0.1, -0.05) is 25.2 Å². The molecule has 0 aromatic heterocycles. The number of rotatable bonds is 1. The quantitative estimate of drug-likeness (QED) is 0.705. The van der Waals surface area contributed by atoms with Crippen molar-refractivity contribution in [2.24, 2.45) is 0 Å². The van der Waals surface area contributed by atoms with Crippen LogP contribution in [0.4, 0.5) is 0 Å². The molecule has 1 atom stereocenters. The average molecular weight is 248 g/mol. The van der Waals surface area contributed by atoms with Crippen LogP contribution >= 0.6 is 0 Å². The summed E-state index contributed by atoms with van der Waals surface area (Å²) in [6, 6.07) is -0.246. The van der Waals surface area contributed by atoms with E-state index in [0.29, 0.717) is 13.0 Å². The first-order valence-electron chi connectivity index (χ1n) is 6.67. The Balaban J connectivity index is 2.29. The monoisotopic (exact) mass is 248 g/mol. The molecule has 1 heterocycles. The SMILES string of the molecule is C#CC(C)N1CCC(=O)NC2(CCCCC2)C1=O. The fourth-order valence-corrected chi connectivity index (χ4v) is 2.93. The third-order valence-corrected chi connectivity index (χ3v) is 4.04. The second-order valence-electron chi connectivity index (χ2n) is 5.28. The molecule has 0 aromatic carbocycles. The molecule has 0 bridgehead atoms. The lowest BCUT2D eigenvalue weighted by atomic mass is 9.80. The van der Waals surface area contributed by atoms with E-state index in [1.165, 1.54) is 0 Å². The molecule has 4 heteroatoms. The van der Waals surface area contributed by atoms with Gasteiger partial charge in [-0.2, -0.15) is 0 Å². The Labute approximate surface area is 108 Å². The van der Waals surface area contributed by atoms with Gasteiger partial charge in [0.25, 0.3) is 0 Å². The fraction of sp³-hybridized carbons (Fsp3) is 0.714. The molecule has 1 saturated carbocycles. The van der Waals surface area contributed by atoms with Crippen molar-refractivity contribution in [1.82, 2.24) is 10.2 Å². The highest BCUT2D eigenvalue weighted by molar-refractivity contribution is 5.94. The second-order valence-corrected chi connectivity index (χ2v) is 5.28. The van der Waals surface area contributed by atoms with Crippen LogP contribution in [0, 0.1) is 12.3 Å². The van der Waals surface area contributed by atoms with Crippen LogP contribution in [0.3, 0.4) is 0 Å². The van der Waals surface area contributed by atoms with Crippen molar-refractivity contribution in [2.45, 2.75) is 57.0 Å². The van der Waals surface area contributed by atoms with Gasteiger partial charge in [-0.05, 0) is 19.8 Å². The van der Waals surface area contributed by atoms with Gasteiger partial charge in [-0.3, -0.25) is 9.59 Å². The Morgan fingerprint density at radius 3 is 2.61 bits per heavy atom. The van der Waals surface area contributed by atoms with Crippen LogP contribution in [0.5, 0.6) is 0 Å². The Bertz CT molecular complexity index is 391. The number of nitrogens with one attached hydrogen (secondary N) is 1. The molecule has 1 aliphatic carbocycles. The lowest BCUT2D eigenvalue weighted by Crippen LogP contribution is -2.59. The number of terminal acetylenes is 1. The summed E-state index contributed by atoms with van der Waals surface area (Å²) in [5.41, 5.74) is -0.684. The zero-order valence-corrected chi connectivity index (χ0v) is 10.9. The Morgan fingerprint density at radius 2 is 2.00 bits per heavy atom. The van der Waals surface area contributed by atoms with Crippen molar-refractivity contribution < 1.29 is 9.59 Å². The summed E-state index contributed by atoms with van der Waals surface area (Å²) in [6.07, 6.45) is 10.4. The van der Waals surface area contributed by atoms with E-state index in [-0.39, 0.29) is 17.9 Å². The zero-order valence-electron chi connectivity index (χ0n) is 10.9. The molecule has 0 radical (unpaired) electrons. The number of hydrogen-bond acceptors (Lipinski definition) is 2. The smallest absolute Gasteiger partial charge is 0.249 e. The summed E-state index contributed by atoms with van der Waals surface area (Å²) in [4.78, 5) is 26.2. The standard InChI is InChI=1S/C14H20N2O2/c1-3-11(2)16-10-7-12(17)15-14(13(16)18)8-5-4-6-9-14/h1,11H,4-10H2,2H3,(H,15,17). The number of hydrogen-bond donors (Lipinski definition) is 1. The second kappa shape index (κ2) is 5.01. The molecule has 0 aromatic rings. The molecule has 2 aliphatic rings. The van der Waals surface area contributed by atoms with Crippen molar-refractivity contribution in [3.8, 4) is 12.3 Å². The first-order valence-corrected chi connectivity index (χ1v) is 6.67. The van der Waals surface area contributed by atoms with Crippen LogP contribution in [0.1, 0.15) is 45.4 Å². The first-order chi connectivity index (χ1) is 8.59. The van der Waals surface area contributed by atoms with E-state index in [1.807, 2.05) is 6.92 Å².